The third-order valence-corrected chi connectivity index (χ3v) is 6.31. The molecule has 6 heteroatoms. The minimum atomic E-state index is -0.0206. The van der Waals surface area contributed by atoms with Gasteiger partial charge >= 0.3 is 0 Å². The van der Waals surface area contributed by atoms with Crippen molar-refractivity contribution in [2.24, 2.45) is 0 Å². The fourth-order valence-corrected chi connectivity index (χ4v) is 4.83. The number of nitrogens with zero attached hydrogens (tertiary/aromatic N) is 1. The molecule has 0 aliphatic carbocycles. The standard InChI is InChI=1S/C23H20N2O2S2/c26-22(15-17-7-3-1-4-8-17)24-18-11-12-20-21(16-18)29-23(25-20)28-14-13-27-19-9-5-2-6-10-19/h1-12,16H,13-15H2,(H,24,26). The molecule has 0 saturated carbocycles. The second kappa shape index (κ2) is 9.58. The van der Waals surface area contributed by atoms with Crippen molar-refractivity contribution in [3.63, 3.8) is 0 Å². The van der Waals surface area contributed by atoms with Crippen molar-refractivity contribution < 1.29 is 9.53 Å². The van der Waals surface area contributed by atoms with E-state index in [1.54, 1.807) is 23.1 Å². The zero-order valence-corrected chi connectivity index (χ0v) is 17.3. The molecule has 0 radical (unpaired) electrons. The number of carbonyl (C=O) groups is 1. The van der Waals surface area contributed by atoms with Crippen molar-refractivity contribution in [3.05, 3.63) is 84.4 Å². The molecule has 0 unspecified atom stereocenters. The third-order valence-electron chi connectivity index (χ3n) is 4.18. The van der Waals surface area contributed by atoms with Gasteiger partial charge in [-0.1, -0.05) is 60.3 Å². The second-order valence-corrected chi connectivity index (χ2v) is 8.76. The Hall–Kier alpha value is -2.83. The molecule has 1 N–H and O–H groups in total. The average molecular weight is 421 g/mol. The van der Waals surface area contributed by atoms with E-state index in [9.17, 15) is 4.79 Å². The Balaban J connectivity index is 1.32. The molecule has 1 aromatic heterocycles. The quantitative estimate of drug-likeness (QED) is 0.296. The van der Waals surface area contributed by atoms with E-state index in [1.165, 1.54) is 0 Å². The van der Waals surface area contributed by atoms with Gasteiger partial charge in [0.2, 0.25) is 5.91 Å². The van der Waals surface area contributed by atoms with Gasteiger partial charge in [-0.2, -0.15) is 0 Å². The molecular weight excluding hydrogens is 400 g/mol. The molecule has 3 aromatic carbocycles. The first-order valence-corrected chi connectivity index (χ1v) is 11.1. The lowest BCUT2D eigenvalue weighted by Gasteiger charge is -2.05. The highest BCUT2D eigenvalue weighted by Crippen LogP contribution is 2.31. The highest BCUT2D eigenvalue weighted by atomic mass is 32.2. The van der Waals surface area contributed by atoms with Crippen LogP contribution >= 0.6 is 23.1 Å². The minimum Gasteiger partial charge on any atom is -0.493 e. The van der Waals surface area contributed by atoms with Gasteiger partial charge in [0.15, 0.2) is 4.34 Å². The van der Waals surface area contributed by atoms with Gasteiger partial charge in [0.1, 0.15) is 5.75 Å². The minimum absolute atomic E-state index is 0.0206. The van der Waals surface area contributed by atoms with Crippen LogP contribution < -0.4 is 10.1 Å². The summed E-state index contributed by atoms with van der Waals surface area (Å²) in [6.45, 7) is 0.630. The van der Waals surface area contributed by atoms with Gasteiger partial charge in [0.25, 0.3) is 0 Å². The number of rotatable bonds is 8. The molecule has 146 valence electrons. The number of nitrogens with one attached hydrogen (secondary N) is 1. The van der Waals surface area contributed by atoms with Crippen LogP contribution in [-0.2, 0) is 11.2 Å². The fourth-order valence-electron chi connectivity index (χ4n) is 2.83. The van der Waals surface area contributed by atoms with E-state index in [0.29, 0.717) is 13.0 Å². The number of fused-ring (bicyclic) bond motifs is 1. The Morgan fingerprint density at radius 1 is 1.00 bits per heavy atom. The Bertz CT molecular complexity index is 1080. The van der Waals surface area contributed by atoms with E-state index in [1.807, 2.05) is 78.9 Å². The van der Waals surface area contributed by atoms with E-state index < -0.39 is 0 Å². The summed E-state index contributed by atoms with van der Waals surface area (Å²) in [7, 11) is 0. The van der Waals surface area contributed by atoms with Crippen LogP contribution in [0.5, 0.6) is 5.75 Å². The molecule has 0 fully saturated rings. The average Bonchev–Trinajstić information content (AvgIpc) is 3.15. The topological polar surface area (TPSA) is 51.2 Å². The lowest BCUT2D eigenvalue weighted by molar-refractivity contribution is -0.115. The van der Waals surface area contributed by atoms with Crippen molar-refractivity contribution >= 4 is 44.9 Å². The van der Waals surface area contributed by atoms with E-state index in [4.69, 9.17) is 4.74 Å². The molecule has 1 heterocycles. The molecule has 0 spiro atoms. The van der Waals surface area contributed by atoms with Gasteiger partial charge in [0, 0.05) is 11.4 Å². The number of aromatic nitrogens is 1. The maximum atomic E-state index is 12.3. The van der Waals surface area contributed by atoms with Crippen molar-refractivity contribution in [3.8, 4) is 5.75 Å². The summed E-state index contributed by atoms with van der Waals surface area (Å²) in [6, 6.07) is 25.4. The number of ether oxygens (including phenoxy) is 1. The summed E-state index contributed by atoms with van der Waals surface area (Å²) in [4.78, 5) is 16.9. The predicted molar refractivity (Wildman–Crippen MR) is 121 cm³/mol. The van der Waals surface area contributed by atoms with E-state index >= 15 is 0 Å². The number of benzene rings is 3. The van der Waals surface area contributed by atoms with Crippen molar-refractivity contribution in [1.29, 1.82) is 0 Å². The van der Waals surface area contributed by atoms with Crippen LogP contribution in [0.4, 0.5) is 5.69 Å². The Kier molecular flexibility index (Phi) is 6.44. The number of thiazole rings is 1. The van der Waals surface area contributed by atoms with Gasteiger partial charge in [-0.05, 0) is 35.9 Å². The number of anilines is 1. The first kappa shape index (κ1) is 19.5. The van der Waals surface area contributed by atoms with Crippen molar-refractivity contribution in [1.82, 2.24) is 4.98 Å². The van der Waals surface area contributed by atoms with Gasteiger partial charge in [-0.3, -0.25) is 4.79 Å². The number of carbonyl (C=O) groups excluding carboxylic acids is 1. The number of thioether (sulfide) groups is 1. The van der Waals surface area contributed by atoms with Gasteiger partial charge < -0.3 is 10.1 Å². The highest BCUT2D eigenvalue weighted by molar-refractivity contribution is 8.01. The Morgan fingerprint density at radius 3 is 2.55 bits per heavy atom. The fraction of sp³-hybridized carbons (Fsp3) is 0.130. The molecule has 4 rings (SSSR count). The summed E-state index contributed by atoms with van der Waals surface area (Å²) in [5.41, 5.74) is 2.74. The number of amides is 1. The molecule has 1 amide bonds. The smallest absolute Gasteiger partial charge is 0.228 e. The highest BCUT2D eigenvalue weighted by Gasteiger charge is 2.08. The van der Waals surface area contributed by atoms with Gasteiger partial charge in [-0.15, -0.1) is 11.3 Å². The van der Waals surface area contributed by atoms with Crippen LogP contribution in [0.1, 0.15) is 5.56 Å². The van der Waals surface area contributed by atoms with E-state index in [2.05, 4.69) is 10.3 Å². The summed E-state index contributed by atoms with van der Waals surface area (Å²) < 4.78 is 7.79. The molecule has 0 aliphatic heterocycles. The Labute approximate surface area is 177 Å². The lowest BCUT2D eigenvalue weighted by Crippen LogP contribution is -2.14. The van der Waals surface area contributed by atoms with Gasteiger partial charge in [-0.25, -0.2) is 4.98 Å². The molecule has 4 aromatic rings. The predicted octanol–water partition coefficient (Wildman–Crippen LogP) is 5.65. The molecule has 29 heavy (non-hydrogen) atoms. The normalized spacial score (nSPS) is 10.8. The molecule has 0 aliphatic rings. The number of hydrogen-bond acceptors (Lipinski definition) is 5. The van der Waals surface area contributed by atoms with E-state index in [-0.39, 0.29) is 5.91 Å². The summed E-state index contributed by atoms with van der Waals surface area (Å²) in [5, 5.41) is 2.98. The Morgan fingerprint density at radius 2 is 1.76 bits per heavy atom. The van der Waals surface area contributed by atoms with Crippen LogP contribution in [0.15, 0.2) is 83.2 Å². The first-order valence-electron chi connectivity index (χ1n) is 9.31. The van der Waals surface area contributed by atoms with Crippen LogP contribution in [0.25, 0.3) is 10.2 Å². The number of para-hydroxylation sites is 1. The van der Waals surface area contributed by atoms with E-state index in [0.717, 1.165) is 37.3 Å². The van der Waals surface area contributed by atoms with Crippen LogP contribution in [-0.4, -0.2) is 23.3 Å². The van der Waals surface area contributed by atoms with Crippen molar-refractivity contribution in [2.75, 3.05) is 17.7 Å². The largest absolute Gasteiger partial charge is 0.493 e. The maximum Gasteiger partial charge on any atom is 0.228 e. The summed E-state index contributed by atoms with van der Waals surface area (Å²) >= 11 is 3.32. The molecular formula is C23H20N2O2S2. The zero-order chi connectivity index (χ0) is 19.9. The zero-order valence-electron chi connectivity index (χ0n) is 15.7. The summed E-state index contributed by atoms with van der Waals surface area (Å²) in [6.07, 6.45) is 0.365. The molecule has 0 saturated heterocycles. The molecule has 0 atom stereocenters. The first-order chi connectivity index (χ1) is 14.3. The van der Waals surface area contributed by atoms with Gasteiger partial charge in [0.05, 0.1) is 23.2 Å². The van der Waals surface area contributed by atoms with Crippen molar-refractivity contribution in [2.45, 2.75) is 10.8 Å². The summed E-state index contributed by atoms with van der Waals surface area (Å²) in [5.74, 6) is 1.69. The SMILES string of the molecule is O=C(Cc1ccccc1)Nc1ccc2nc(SCCOc3ccccc3)sc2c1. The molecule has 4 nitrogen and oxygen atoms in total. The lowest BCUT2D eigenvalue weighted by atomic mass is 10.1. The maximum absolute atomic E-state index is 12.3. The van der Waals surface area contributed by atoms with Crippen LogP contribution in [0, 0.1) is 0 Å². The van der Waals surface area contributed by atoms with Crippen LogP contribution in [0.3, 0.4) is 0 Å². The van der Waals surface area contributed by atoms with Crippen LogP contribution in [0.2, 0.25) is 0 Å². The number of hydrogen-bond donors (Lipinski definition) is 1. The second-order valence-electron chi connectivity index (χ2n) is 6.38. The third kappa shape index (κ3) is 5.59. The molecule has 0 bridgehead atoms. The monoisotopic (exact) mass is 420 g/mol.